The Morgan fingerprint density at radius 3 is 3.10 bits per heavy atom. The summed E-state index contributed by atoms with van der Waals surface area (Å²) in [5, 5.41) is 2.16. The zero-order valence-corrected chi connectivity index (χ0v) is 12.1. The molecule has 1 aromatic heterocycles. The molecule has 0 bridgehead atoms. The van der Waals surface area contributed by atoms with Crippen LogP contribution in [0.2, 0.25) is 0 Å². The molecule has 2 aromatic rings. The number of nitrogens with zero attached hydrogens (tertiary/aromatic N) is 2. The van der Waals surface area contributed by atoms with Gasteiger partial charge in [-0.05, 0) is 12.1 Å². The summed E-state index contributed by atoms with van der Waals surface area (Å²) >= 11 is 6.06. The highest BCUT2D eigenvalue weighted by molar-refractivity contribution is 6.18. The number of hydrogen-bond acceptors (Lipinski definition) is 4. The highest BCUT2D eigenvalue weighted by Crippen LogP contribution is 2.32. The maximum Gasteiger partial charge on any atom is 0.136 e. The average molecular weight is 293 g/mol. The second kappa shape index (κ2) is 5.85. The molecular formula is C15H17ClN2O2. The standard InChI is InChI=1S/C15H17ClN2O2/c1-19-14-4-2-3-13-12(14)5-6-17-15(13)18-7-8-20-10-11(18)9-16/h2-6,11H,7-10H2,1H3. The maximum atomic E-state index is 6.06. The fraction of sp³-hybridized carbons (Fsp3) is 0.400. The summed E-state index contributed by atoms with van der Waals surface area (Å²) in [6.45, 7) is 2.15. The molecule has 0 radical (unpaired) electrons. The number of hydrogen-bond donors (Lipinski definition) is 0. The van der Waals surface area contributed by atoms with Crippen LogP contribution < -0.4 is 9.64 Å². The minimum Gasteiger partial charge on any atom is -0.496 e. The van der Waals surface area contributed by atoms with Crippen LogP contribution in [0.4, 0.5) is 5.82 Å². The third-order valence-electron chi connectivity index (χ3n) is 3.64. The van der Waals surface area contributed by atoms with E-state index in [1.165, 1.54) is 0 Å². The monoisotopic (exact) mass is 292 g/mol. The number of aromatic nitrogens is 1. The van der Waals surface area contributed by atoms with Crippen molar-refractivity contribution < 1.29 is 9.47 Å². The van der Waals surface area contributed by atoms with E-state index in [0.717, 1.165) is 28.9 Å². The van der Waals surface area contributed by atoms with E-state index in [1.54, 1.807) is 7.11 Å². The summed E-state index contributed by atoms with van der Waals surface area (Å²) in [5.74, 6) is 2.35. The van der Waals surface area contributed by atoms with Crippen LogP contribution in [0.5, 0.6) is 5.75 Å². The van der Waals surface area contributed by atoms with Gasteiger partial charge in [-0.3, -0.25) is 0 Å². The van der Waals surface area contributed by atoms with Crippen molar-refractivity contribution in [1.82, 2.24) is 4.98 Å². The zero-order valence-electron chi connectivity index (χ0n) is 11.4. The van der Waals surface area contributed by atoms with Gasteiger partial charge < -0.3 is 14.4 Å². The van der Waals surface area contributed by atoms with Gasteiger partial charge in [0.05, 0.1) is 26.4 Å². The molecule has 106 valence electrons. The molecule has 1 aliphatic heterocycles. The number of alkyl halides is 1. The van der Waals surface area contributed by atoms with Gasteiger partial charge in [0.25, 0.3) is 0 Å². The summed E-state index contributed by atoms with van der Waals surface area (Å²) in [4.78, 5) is 6.79. The number of halogens is 1. The fourth-order valence-electron chi connectivity index (χ4n) is 2.63. The SMILES string of the molecule is COc1cccc2c(N3CCOCC3CCl)nccc12. The second-order valence-corrected chi connectivity index (χ2v) is 5.07. The summed E-state index contributed by atoms with van der Waals surface area (Å²) in [6, 6.07) is 8.16. The molecular weight excluding hydrogens is 276 g/mol. The first kappa shape index (κ1) is 13.5. The quantitative estimate of drug-likeness (QED) is 0.815. The summed E-state index contributed by atoms with van der Waals surface area (Å²) < 4.78 is 10.9. The molecule has 0 spiro atoms. The smallest absolute Gasteiger partial charge is 0.136 e. The second-order valence-electron chi connectivity index (χ2n) is 4.77. The lowest BCUT2D eigenvalue weighted by Crippen LogP contribution is -2.47. The number of ether oxygens (including phenoxy) is 2. The minimum absolute atomic E-state index is 0.162. The van der Waals surface area contributed by atoms with Gasteiger partial charge >= 0.3 is 0 Å². The van der Waals surface area contributed by atoms with E-state index in [2.05, 4.69) is 16.0 Å². The third-order valence-corrected chi connectivity index (χ3v) is 4.00. The Labute approximate surface area is 123 Å². The van der Waals surface area contributed by atoms with Crippen LogP contribution in [-0.2, 0) is 4.74 Å². The van der Waals surface area contributed by atoms with Crippen molar-refractivity contribution in [1.29, 1.82) is 0 Å². The molecule has 1 unspecified atom stereocenters. The first-order valence-electron chi connectivity index (χ1n) is 6.67. The van der Waals surface area contributed by atoms with Crippen LogP contribution in [-0.4, -0.2) is 43.8 Å². The van der Waals surface area contributed by atoms with Crippen LogP contribution in [0.15, 0.2) is 30.5 Å². The van der Waals surface area contributed by atoms with Gasteiger partial charge in [-0.25, -0.2) is 4.98 Å². The normalized spacial score (nSPS) is 19.3. The van der Waals surface area contributed by atoms with Crippen molar-refractivity contribution in [2.24, 2.45) is 0 Å². The Balaban J connectivity index is 2.11. The first-order chi connectivity index (χ1) is 9.85. The highest BCUT2D eigenvalue weighted by atomic mass is 35.5. The Kier molecular flexibility index (Phi) is 3.94. The van der Waals surface area contributed by atoms with Crippen LogP contribution in [0.25, 0.3) is 10.8 Å². The number of pyridine rings is 1. The van der Waals surface area contributed by atoms with Crippen molar-refractivity contribution in [2.45, 2.75) is 6.04 Å². The number of anilines is 1. The zero-order chi connectivity index (χ0) is 13.9. The van der Waals surface area contributed by atoms with E-state index in [0.29, 0.717) is 19.1 Å². The largest absolute Gasteiger partial charge is 0.496 e. The van der Waals surface area contributed by atoms with Gasteiger partial charge in [0.2, 0.25) is 0 Å². The first-order valence-corrected chi connectivity index (χ1v) is 7.20. The van der Waals surface area contributed by atoms with E-state index < -0.39 is 0 Å². The lowest BCUT2D eigenvalue weighted by molar-refractivity contribution is 0.0995. The molecule has 1 aliphatic rings. The number of methoxy groups -OCH3 is 1. The van der Waals surface area contributed by atoms with E-state index in [4.69, 9.17) is 21.1 Å². The number of rotatable bonds is 3. The van der Waals surface area contributed by atoms with Gasteiger partial charge in [-0.1, -0.05) is 12.1 Å². The Morgan fingerprint density at radius 2 is 2.30 bits per heavy atom. The summed E-state index contributed by atoms with van der Waals surface area (Å²) in [5.41, 5.74) is 0. The predicted octanol–water partition coefficient (Wildman–Crippen LogP) is 2.69. The topological polar surface area (TPSA) is 34.6 Å². The predicted molar refractivity (Wildman–Crippen MR) is 81.0 cm³/mol. The number of fused-ring (bicyclic) bond motifs is 1. The Bertz CT molecular complexity index is 605. The summed E-state index contributed by atoms with van der Waals surface area (Å²) in [6.07, 6.45) is 1.82. The van der Waals surface area contributed by atoms with Gasteiger partial charge in [-0.2, -0.15) is 0 Å². The molecule has 5 heteroatoms. The van der Waals surface area contributed by atoms with Crippen molar-refractivity contribution in [2.75, 3.05) is 37.6 Å². The van der Waals surface area contributed by atoms with Gasteiger partial charge in [0, 0.05) is 29.4 Å². The van der Waals surface area contributed by atoms with Gasteiger partial charge in [0.15, 0.2) is 0 Å². The fourth-order valence-corrected chi connectivity index (χ4v) is 2.89. The van der Waals surface area contributed by atoms with E-state index >= 15 is 0 Å². The molecule has 0 N–H and O–H groups in total. The molecule has 4 nitrogen and oxygen atoms in total. The molecule has 0 amide bonds. The number of morpholine rings is 1. The average Bonchev–Trinajstić information content (AvgIpc) is 2.53. The molecule has 1 saturated heterocycles. The maximum absolute atomic E-state index is 6.06. The van der Waals surface area contributed by atoms with Crippen molar-refractivity contribution in [3.05, 3.63) is 30.5 Å². The molecule has 1 aromatic carbocycles. The highest BCUT2D eigenvalue weighted by Gasteiger charge is 2.25. The van der Waals surface area contributed by atoms with Crippen molar-refractivity contribution in [3.63, 3.8) is 0 Å². The molecule has 2 heterocycles. The van der Waals surface area contributed by atoms with Gasteiger partial charge in [-0.15, -0.1) is 11.6 Å². The van der Waals surface area contributed by atoms with Crippen molar-refractivity contribution >= 4 is 28.2 Å². The number of benzene rings is 1. The molecule has 0 saturated carbocycles. The molecule has 1 atom stereocenters. The molecule has 3 rings (SSSR count). The van der Waals surface area contributed by atoms with Crippen LogP contribution >= 0.6 is 11.6 Å². The Morgan fingerprint density at radius 1 is 1.40 bits per heavy atom. The van der Waals surface area contributed by atoms with Gasteiger partial charge in [0.1, 0.15) is 11.6 Å². The van der Waals surface area contributed by atoms with E-state index in [-0.39, 0.29) is 6.04 Å². The Hall–Kier alpha value is -1.52. The lowest BCUT2D eigenvalue weighted by atomic mass is 10.1. The van der Waals surface area contributed by atoms with Crippen molar-refractivity contribution in [3.8, 4) is 5.75 Å². The van der Waals surface area contributed by atoms with E-state index in [9.17, 15) is 0 Å². The molecule has 0 aliphatic carbocycles. The third kappa shape index (κ3) is 2.30. The molecule has 20 heavy (non-hydrogen) atoms. The molecule has 1 fully saturated rings. The minimum atomic E-state index is 0.162. The van der Waals surface area contributed by atoms with Crippen LogP contribution in [0, 0.1) is 0 Å². The van der Waals surface area contributed by atoms with Crippen LogP contribution in [0.1, 0.15) is 0 Å². The summed E-state index contributed by atoms with van der Waals surface area (Å²) in [7, 11) is 1.69. The lowest BCUT2D eigenvalue weighted by Gasteiger charge is -2.36. The van der Waals surface area contributed by atoms with Crippen LogP contribution in [0.3, 0.4) is 0 Å². The van der Waals surface area contributed by atoms with E-state index in [1.807, 2.05) is 24.4 Å².